The van der Waals surface area contributed by atoms with Crippen molar-refractivity contribution in [2.75, 3.05) is 7.05 Å². The summed E-state index contributed by atoms with van der Waals surface area (Å²) in [5.41, 5.74) is 2.79. The summed E-state index contributed by atoms with van der Waals surface area (Å²) in [4.78, 5) is 0. The summed E-state index contributed by atoms with van der Waals surface area (Å²) in [5, 5.41) is 3.25. The Morgan fingerprint density at radius 2 is 1.69 bits per heavy atom. The average Bonchev–Trinajstić information content (AvgIpc) is 2.17. The summed E-state index contributed by atoms with van der Waals surface area (Å²) in [6, 6.07) is 9.23. The van der Waals surface area contributed by atoms with E-state index < -0.39 is 0 Å². The number of hydrogen-bond donors (Lipinski definition) is 1. The van der Waals surface area contributed by atoms with Gasteiger partial charge >= 0.3 is 0 Å². The summed E-state index contributed by atoms with van der Waals surface area (Å²) in [6.07, 6.45) is 0. The van der Waals surface area contributed by atoms with Crippen molar-refractivity contribution in [3.05, 3.63) is 35.4 Å². The summed E-state index contributed by atoms with van der Waals surface area (Å²) in [7, 11) is 1.99. The maximum atomic E-state index is 3.25. The smallest absolute Gasteiger partial charge is 0.0289 e. The molecule has 1 heteroatoms. The van der Waals surface area contributed by atoms with Gasteiger partial charge in [0.05, 0.1) is 0 Å². The van der Waals surface area contributed by atoms with Gasteiger partial charge in [0, 0.05) is 6.04 Å². The van der Waals surface area contributed by atoms with Crippen LogP contribution < -0.4 is 5.32 Å². The first-order chi connectivity index (χ1) is 6.15. The van der Waals surface area contributed by atoms with E-state index in [-0.39, 0.29) is 0 Å². The largest absolute Gasteiger partial charge is 0.313 e. The van der Waals surface area contributed by atoms with E-state index in [0.717, 1.165) is 0 Å². The lowest BCUT2D eigenvalue weighted by atomic mass is 9.98. The molecule has 0 heterocycles. The quantitative estimate of drug-likeness (QED) is 0.748. The van der Waals surface area contributed by atoms with Crippen molar-refractivity contribution in [2.24, 2.45) is 0 Å². The van der Waals surface area contributed by atoms with Crippen LogP contribution in [0.5, 0.6) is 0 Å². The van der Waals surface area contributed by atoms with Crippen LogP contribution >= 0.6 is 0 Å². The van der Waals surface area contributed by atoms with Crippen molar-refractivity contribution in [2.45, 2.75) is 32.7 Å². The molecule has 0 aliphatic carbocycles. The summed E-state index contributed by atoms with van der Waals surface area (Å²) in [5.74, 6) is 0.615. The zero-order chi connectivity index (χ0) is 9.84. The van der Waals surface area contributed by atoms with Crippen molar-refractivity contribution >= 4 is 0 Å². The van der Waals surface area contributed by atoms with Crippen LogP contribution in [0.2, 0.25) is 0 Å². The Labute approximate surface area is 81.2 Å². The SMILES string of the molecule is CN[C@@H](C)c1cccc(C(C)C)c1. The van der Waals surface area contributed by atoms with Gasteiger partial charge in [-0.1, -0.05) is 38.1 Å². The van der Waals surface area contributed by atoms with Gasteiger partial charge in [0.2, 0.25) is 0 Å². The monoisotopic (exact) mass is 177 g/mol. The number of nitrogens with one attached hydrogen (secondary N) is 1. The molecule has 0 saturated heterocycles. The van der Waals surface area contributed by atoms with Crippen LogP contribution in [0.15, 0.2) is 24.3 Å². The molecular formula is C12H19N. The third-order valence-corrected chi connectivity index (χ3v) is 2.51. The third-order valence-electron chi connectivity index (χ3n) is 2.51. The van der Waals surface area contributed by atoms with Crippen molar-refractivity contribution in [1.29, 1.82) is 0 Å². The summed E-state index contributed by atoms with van der Waals surface area (Å²) >= 11 is 0. The highest BCUT2D eigenvalue weighted by Crippen LogP contribution is 2.19. The Bertz CT molecular complexity index is 266. The molecule has 0 aliphatic heterocycles. The molecule has 0 bridgehead atoms. The van der Waals surface area contributed by atoms with Gasteiger partial charge in [-0.15, -0.1) is 0 Å². The van der Waals surface area contributed by atoms with E-state index in [2.05, 4.69) is 50.4 Å². The predicted octanol–water partition coefficient (Wildman–Crippen LogP) is 3.09. The Hall–Kier alpha value is -0.820. The second-order valence-electron chi connectivity index (χ2n) is 3.84. The van der Waals surface area contributed by atoms with E-state index in [4.69, 9.17) is 0 Å². The van der Waals surface area contributed by atoms with Crippen LogP contribution in [0.3, 0.4) is 0 Å². The molecule has 0 aliphatic rings. The van der Waals surface area contributed by atoms with E-state index in [0.29, 0.717) is 12.0 Å². The van der Waals surface area contributed by atoms with Gasteiger partial charge in [-0.05, 0) is 31.0 Å². The topological polar surface area (TPSA) is 12.0 Å². The Kier molecular flexibility index (Phi) is 3.49. The maximum absolute atomic E-state index is 3.25. The first-order valence-electron chi connectivity index (χ1n) is 4.92. The molecule has 1 N–H and O–H groups in total. The molecule has 1 rings (SSSR count). The second kappa shape index (κ2) is 4.43. The zero-order valence-corrected chi connectivity index (χ0v) is 8.96. The van der Waals surface area contributed by atoms with Gasteiger partial charge in [0.1, 0.15) is 0 Å². The summed E-state index contributed by atoms with van der Waals surface area (Å²) < 4.78 is 0. The first kappa shape index (κ1) is 10.3. The highest BCUT2D eigenvalue weighted by Gasteiger charge is 2.04. The molecule has 1 atom stereocenters. The third kappa shape index (κ3) is 2.56. The molecule has 0 aromatic heterocycles. The minimum Gasteiger partial charge on any atom is -0.313 e. The van der Waals surface area contributed by atoms with Crippen LogP contribution in [0.25, 0.3) is 0 Å². The lowest BCUT2D eigenvalue weighted by Crippen LogP contribution is -2.12. The average molecular weight is 177 g/mol. The first-order valence-corrected chi connectivity index (χ1v) is 4.92. The summed E-state index contributed by atoms with van der Waals surface area (Å²) in [6.45, 7) is 6.63. The van der Waals surface area contributed by atoms with Gasteiger partial charge in [-0.2, -0.15) is 0 Å². The highest BCUT2D eigenvalue weighted by molar-refractivity contribution is 5.27. The van der Waals surface area contributed by atoms with Crippen LogP contribution in [-0.4, -0.2) is 7.05 Å². The van der Waals surface area contributed by atoms with Crippen molar-refractivity contribution in [3.8, 4) is 0 Å². The molecule has 0 spiro atoms. The minimum absolute atomic E-state index is 0.443. The van der Waals surface area contributed by atoms with Crippen molar-refractivity contribution in [3.63, 3.8) is 0 Å². The Morgan fingerprint density at radius 1 is 1.08 bits per heavy atom. The molecule has 13 heavy (non-hydrogen) atoms. The fourth-order valence-corrected chi connectivity index (χ4v) is 1.35. The second-order valence-corrected chi connectivity index (χ2v) is 3.84. The number of rotatable bonds is 3. The molecule has 0 saturated carbocycles. The Morgan fingerprint density at radius 3 is 2.23 bits per heavy atom. The molecule has 1 nitrogen and oxygen atoms in total. The van der Waals surface area contributed by atoms with Crippen LogP contribution in [-0.2, 0) is 0 Å². The normalized spacial score (nSPS) is 13.3. The maximum Gasteiger partial charge on any atom is 0.0289 e. The fourth-order valence-electron chi connectivity index (χ4n) is 1.35. The van der Waals surface area contributed by atoms with Gasteiger partial charge in [-0.3, -0.25) is 0 Å². The van der Waals surface area contributed by atoms with Crippen molar-refractivity contribution in [1.82, 2.24) is 5.32 Å². The van der Waals surface area contributed by atoms with Gasteiger partial charge in [0.15, 0.2) is 0 Å². The number of hydrogen-bond acceptors (Lipinski definition) is 1. The fraction of sp³-hybridized carbons (Fsp3) is 0.500. The Balaban J connectivity index is 2.91. The van der Waals surface area contributed by atoms with E-state index in [1.54, 1.807) is 0 Å². The van der Waals surface area contributed by atoms with Crippen LogP contribution in [0, 0.1) is 0 Å². The molecule has 72 valence electrons. The molecule has 0 unspecified atom stereocenters. The van der Waals surface area contributed by atoms with Gasteiger partial charge in [0.25, 0.3) is 0 Å². The van der Waals surface area contributed by atoms with E-state index >= 15 is 0 Å². The van der Waals surface area contributed by atoms with Gasteiger partial charge in [-0.25, -0.2) is 0 Å². The molecule has 1 aromatic carbocycles. The van der Waals surface area contributed by atoms with E-state index in [1.165, 1.54) is 11.1 Å². The number of benzene rings is 1. The van der Waals surface area contributed by atoms with E-state index in [1.807, 2.05) is 7.05 Å². The molecule has 1 aromatic rings. The van der Waals surface area contributed by atoms with Crippen LogP contribution in [0.4, 0.5) is 0 Å². The molecule has 0 amide bonds. The zero-order valence-electron chi connectivity index (χ0n) is 8.96. The lowest BCUT2D eigenvalue weighted by Gasteiger charge is -2.13. The van der Waals surface area contributed by atoms with Crippen molar-refractivity contribution < 1.29 is 0 Å². The minimum atomic E-state index is 0.443. The van der Waals surface area contributed by atoms with Gasteiger partial charge < -0.3 is 5.32 Å². The standard InChI is InChI=1S/C12H19N/c1-9(2)11-6-5-7-12(8-11)10(3)13-4/h5-10,13H,1-4H3/t10-/m0/s1. The molecule has 0 radical (unpaired) electrons. The highest BCUT2D eigenvalue weighted by atomic mass is 14.8. The molecule has 0 fully saturated rings. The lowest BCUT2D eigenvalue weighted by molar-refractivity contribution is 0.650. The van der Waals surface area contributed by atoms with E-state index in [9.17, 15) is 0 Å². The van der Waals surface area contributed by atoms with Crippen LogP contribution in [0.1, 0.15) is 43.9 Å². The predicted molar refractivity (Wildman–Crippen MR) is 58.0 cm³/mol. The molecular weight excluding hydrogens is 158 g/mol.